The molecule has 6 nitrogen and oxygen atoms in total. The number of para-hydroxylation sites is 4. The van der Waals surface area contributed by atoms with Crippen LogP contribution >= 0.6 is 0 Å². The van der Waals surface area contributed by atoms with Crippen LogP contribution in [0.15, 0.2) is 140 Å². The van der Waals surface area contributed by atoms with E-state index in [1.165, 1.54) is 0 Å². The van der Waals surface area contributed by atoms with E-state index in [4.69, 9.17) is 24.1 Å². The van der Waals surface area contributed by atoms with E-state index in [1.54, 1.807) is 18.2 Å². The van der Waals surface area contributed by atoms with Gasteiger partial charge in [-0.25, -0.2) is 4.79 Å². The molecular weight excluding hydrogens is 480 g/mol. The number of carboxylic acid groups (broad SMARTS) is 1. The van der Waals surface area contributed by atoms with Crippen molar-refractivity contribution >= 4 is 6.16 Å². The molecule has 0 saturated heterocycles. The van der Waals surface area contributed by atoms with E-state index in [-0.39, 0.29) is 5.75 Å². The molecule has 0 aromatic heterocycles. The Morgan fingerprint density at radius 1 is 0.526 bits per heavy atom. The molecule has 0 spiro atoms. The van der Waals surface area contributed by atoms with Crippen LogP contribution in [0.4, 0.5) is 4.79 Å². The summed E-state index contributed by atoms with van der Waals surface area (Å²) < 4.78 is 24.4. The van der Waals surface area contributed by atoms with Crippen molar-refractivity contribution in [2.75, 3.05) is 0 Å². The van der Waals surface area contributed by atoms with E-state index >= 15 is 0 Å². The Balaban J connectivity index is 1.61. The maximum atomic E-state index is 11.2. The zero-order chi connectivity index (χ0) is 26.2. The second-order valence-corrected chi connectivity index (χ2v) is 8.24. The summed E-state index contributed by atoms with van der Waals surface area (Å²) in [7, 11) is 0. The van der Waals surface area contributed by atoms with Gasteiger partial charge in [0.1, 0.15) is 23.0 Å². The van der Waals surface area contributed by atoms with Crippen molar-refractivity contribution in [3.63, 3.8) is 0 Å². The van der Waals surface area contributed by atoms with Crippen molar-refractivity contribution < 1.29 is 28.8 Å². The average molecular weight is 505 g/mol. The van der Waals surface area contributed by atoms with E-state index in [2.05, 4.69) is 0 Å². The first-order valence-electron chi connectivity index (χ1n) is 11.9. The first-order valence-corrected chi connectivity index (χ1v) is 11.9. The third-order valence-corrected chi connectivity index (χ3v) is 5.62. The van der Waals surface area contributed by atoms with Crippen LogP contribution in [0.2, 0.25) is 0 Å². The molecule has 0 aliphatic rings. The molecule has 0 radical (unpaired) electrons. The number of hydrogen-bond acceptors (Lipinski definition) is 5. The van der Waals surface area contributed by atoms with Crippen LogP contribution in [0.5, 0.6) is 23.0 Å². The minimum atomic E-state index is -1.69. The first-order chi connectivity index (χ1) is 18.6. The summed E-state index contributed by atoms with van der Waals surface area (Å²) in [4.78, 5) is 11.2. The molecular formula is C32H24O6. The number of ether oxygens (including phenoxy) is 4. The van der Waals surface area contributed by atoms with Gasteiger partial charge in [0.05, 0.1) is 5.56 Å². The lowest BCUT2D eigenvalue weighted by Crippen LogP contribution is -2.45. The van der Waals surface area contributed by atoms with Crippen LogP contribution in [0.1, 0.15) is 5.56 Å². The van der Waals surface area contributed by atoms with Crippen molar-refractivity contribution in [2.45, 2.75) is 5.97 Å². The fraction of sp³-hybridized carbons (Fsp3) is 0.0312. The molecule has 6 heteroatoms. The molecule has 0 aliphatic heterocycles. The largest absolute Gasteiger partial charge is 0.511 e. The Bertz CT molecular complexity index is 1370. The highest BCUT2D eigenvalue weighted by Crippen LogP contribution is 2.36. The smallest absolute Gasteiger partial charge is 0.449 e. The minimum Gasteiger partial charge on any atom is -0.449 e. The van der Waals surface area contributed by atoms with Gasteiger partial charge in [-0.2, -0.15) is 0 Å². The lowest BCUT2D eigenvalue weighted by atomic mass is 10.0. The van der Waals surface area contributed by atoms with Crippen molar-refractivity contribution in [1.82, 2.24) is 0 Å². The molecule has 0 atom stereocenters. The molecule has 5 aromatic rings. The lowest BCUT2D eigenvalue weighted by Gasteiger charge is -2.34. The number of hydrogen-bond donors (Lipinski definition) is 1. The molecule has 5 aromatic carbocycles. The Labute approximate surface area is 220 Å². The highest BCUT2D eigenvalue weighted by atomic mass is 16.9. The maximum Gasteiger partial charge on any atom is 0.511 e. The lowest BCUT2D eigenvalue weighted by molar-refractivity contribution is -0.263. The van der Waals surface area contributed by atoms with Gasteiger partial charge in [-0.15, -0.1) is 0 Å². The predicted molar refractivity (Wildman–Crippen MR) is 143 cm³/mol. The van der Waals surface area contributed by atoms with Gasteiger partial charge in [0.2, 0.25) is 0 Å². The topological polar surface area (TPSA) is 74.2 Å². The standard InChI is InChI=1S/C32H24O6/c33-31(34)35-30-19-11-10-18-29(30)24-20-22-25(23-21-24)32(36-26-12-4-1-5-13-26,37-27-14-6-2-7-15-27)38-28-16-8-3-9-17-28/h1-23H,(H,33,34). The summed E-state index contributed by atoms with van der Waals surface area (Å²) in [5.74, 6) is 0.177. The summed E-state index contributed by atoms with van der Waals surface area (Å²) in [5.41, 5.74) is 1.96. The molecule has 5 rings (SSSR count). The third-order valence-electron chi connectivity index (χ3n) is 5.62. The molecule has 0 fully saturated rings. The van der Waals surface area contributed by atoms with E-state index in [0.717, 1.165) is 5.56 Å². The molecule has 0 saturated carbocycles. The van der Waals surface area contributed by atoms with Gasteiger partial charge >= 0.3 is 12.1 Å². The monoisotopic (exact) mass is 504 g/mol. The highest BCUT2D eigenvalue weighted by Gasteiger charge is 2.41. The van der Waals surface area contributed by atoms with Gasteiger partial charge in [-0.3, -0.25) is 0 Å². The van der Waals surface area contributed by atoms with Gasteiger partial charge in [0, 0.05) is 5.56 Å². The van der Waals surface area contributed by atoms with Crippen LogP contribution in [0.25, 0.3) is 11.1 Å². The summed E-state index contributed by atoms with van der Waals surface area (Å²) >= 11 is 0. The quantitative estimate of drug-likeness (QED) is 0.126. The van der Waals surface area contributed by atoms with E-state index < -0.39 is 12.1 Å². The second-order valence-electron chi connectivity index (χ2n) is 8.24. The number of rotatable bonds is 9. The van der Waals surface area contributed by atoms with Gasteiger partial charge in [0.25, 0.3) is 0 Å². The van der Waals surface area contributed by atoms with Gasteiger partial charge in [0.15, 0.2) is 0 Å². The van der Waals surface area contributed by atoms with Crippen LogP contribution in [-0.4, -0.2) is 11.3 Å². The zero-order valence-corrected chi connectivity index (χ0v) is 20.3. The zero-order valence-electron chi connectivity index (χ0n) is 20.3. The Hall–Kier alpha value is -5.23. The van der Waals surface area contributed by atoms with E-state index in [1.807, 2.05) is 121 Å². The Kier molecular flexibility index (Phi) is 7.23. The van der Waals surface area contributed by atoms with Crippen LogP contribution in [0, 0.1) is 0 Å². The molecule has 0 amide bonds. The summed E-state index contributed by atoms with van der Waals surface area (Å²) in [6.07, 6.45) is -1.38. The van der Waals surface area contributed by atoms with Crippen molar-refractivity contribution in [3.05, 3.63) is 145 Å². The summed E-state index contributed by atoms with van der Waals surface area (Å²) in [6.45, 7) is 0. The molecule has 188 valence electrons. The summed E-state index contributed by atoms with van der Waals surface area (Å²) in [5, 5.41) is 9.14. The summed E-state index contributed by atoms with van der Waals surface area (Å²) in [6, 6.07) is 42.1. The molecule has 1 N–H and O–H groups in total. The molecule has 0 unspecified atom stereocenters. The maximum absolute atomic E-state index is 11.2. The van der Waals surface area contributed by atoms with Crippen molar-refractivity contribution in [3.8, 4) is 34.1 Å². The fourth-order valence-corrected chi connectivity index (χ4v) is 3.91. The van der Waals surface area contributed by atoms with Crippen LogP contribution in [-0.2, 0) is 5.97 Å². The highest BCUT2D eigenvalue weighted by molar-refractivity contribution is 5.74. The molecule has 0 aliphatic carbocycles. The number of carbonyl (C=O) groups is 1. The minimum absolute atomic E-state index is 0.237. The van der Waals surface area contributed by atoms with Gasteiger partial charge < -0.3 is 24.1 Å². The fourth-order valence-electron chi connectivity index (χ4n) is 3.91. The number of benzene rings is 5. The Morgan fingerprint density at radius 3 is 1.39 bits per heavy atom. The van der Waals surface area contributed by atoms with Crippen LogP contribution in [0.3, 0.4) is 0 Å². The Morgan fingerprint density at radius 2 is 0.947 bits per heavy atom. The molecule has 0 bridgehead atoms. The predicted octanol–water partition coefficient (Wildman–Crippen LogP) is 7.76. The third kappa shape index (κ3) is 5.77. The van der Waals surface area contributed by atoms with Crippen LogP contribution < -0.4 is 18.9 Å². The molecule has 0 heterocycles. The SMILES string of the molecule is O=C(O)Oc1ccccc1-c1ccc(C(Oc2ccccc2)(Oc2ccccc2)Oc2ccccc2)cc1. The van der Waals surface area contributed by atoms with Gasteiger partial charge in [-0.05, 0) is 60.2 Å². The van der Waals surface area contributed by atoms with Crippen molar-refractivity contribution in [1.29, 1.82) is 0 Å². The normalized spacial score (nSPS) is 10.8. The molecule has 38 heavy (non-hydrogen) atoms. The average Bonchev–Trinajstić information content (AvgIpc) is 2.95. The van der Waals surface area contributed by atoms with E-state index in [0.29, 0.717) is 28.4 Å². The first kappa shape index (κ1) is 24.5. The van der Waals surface area contributed by atoms with Gasteiger partial charge in [-0.1, -0.05) is 84.9 Å². The van der Waals surface area contributed by atoms with Crippen molar-refractivity contribution in [2.24, 2.45) is 0 Å². The van der Waals surface area contributed by atoms with E-state index in [9.17, 15) is 4.79 Å². The second kappa shape index (κ2) is 11.2.